The molecule has 0 radical (unpaired) electrons. The van der Waals surface area contributed by atoms with E-state index < -0.39 is 42.6 Å². The Bertz CT molecular complexity index is 620. The summed E-state index contributed by atoms with van der Waals surface area (Å²) < 4.78 is 67.2. The third-order valence-corrected chi connectivity index (χ3v) is 3.88. The number of nitro groups is 1. The molecule has 1 aromatic carbocycles. The Labute approximate surface area is 119 Å². The van der Waals surface area contributed by atoms with Crippen LogP contribution in [0.15, 0.2) is 23.1 Å². The maximum absolute atomic E-state index is 12.6. The van der Waals surface area contributed by atoms with Crippen molar-refractivity contribution in [2.45, 2.75) is 10.3 Å². The number of hydrogen-bond acceptors (Lipinski definition) is 4. The molecule has 12 heteroatoms. The second-order valence-electron chi connectivity index (χ2n) is 3.83. The molecule has 0 heterocycles. The average molecular weight is 356 g/mol. The number of methoxy groups -OCH3 is 1. The van der Waals surface area contributed by atoms with E-state index in [4.69, 9.17) is 11.6 Å². The molecular formula is C9H7ClF5NO4S. The smallest absolute Gasteiger partial charge is 0.328 e. The first-order chi connectivity index (χ1) is 9.17. The standard InChI is InChI=1S/C9H7ClF5NO4S/c1-20-9(17)8(10)6-3-2-5(4-7(6)16(18)19)21(11,12,13,14)15/h2-4,8H,1H3. The van der Waals surface area contributed by atoms with Crippen LogP contribution < -0.4 is 0 Å². The Hall–Kier alpha value is -1.62. The molecule has 0 bridgehead atoms. The van der Waals surface area contributed by atoms with E-state index in [0.717, 1.165) is 7.11 Å². The number of ether oxygens (including phenoxy) is 1. The van der Waals surface area contributed by atoms with Gasteiger partial charge in [-0.2, -0.15) is 0 Å². The van der Waals surface area contributed by atoms with Crippen LogP contribution >= 0.6 is 21.8 Å². The molecule has 0 saturated heterocycles. The zero-order chi connectivity index (χ0) is 16.7. The Morgan fingerprint density at radius 2 is 1.86 bits per heavy atom. The molecule has 0 spiro atoms. The first kappa shape index (κ1) is 17.4. The number of alkyl halides is 1. The number of benzene rings is 1. The van der Waals surface area contributed by atoms with E-state index in [2.05, 4.69) is 4.74 Å². The molecule has 1 rings (SSSR count). The Balaban J connectivity index is 3.55. The summed E-state index contributed by atoms with van der Waals surface area (Å²) in [7, 11) is -9.18. The molecule has 1 atom stereocenters. The summed E-state index contributed by atoms with van der Waals surface area (Å²) in [6, 6.07) is -0.0721. The van der Waals surface area contributed by atoms with Crippen molar-refractivity contribution in [1.29, 1.82) is 0 Å². The predicted molar refractivity (Wildman–Crippen MR) is 65.1 cm³/mol. The first-order valence-electron chi connectivity index (χ1n) is 4.91. The molecule has 0 aromatic heterocycles. The van der Waals surface area contributed by atoms with Crippen LogP contribution in [0.4, 0.5) is 25.1 Å². The lowest BCUT2D eigenvalue weighted by atomic mass is 10.1. The number of nitro benzene ring substituents is 1. The normalized spacial score (nSPS) is 16.5. The maximum atomic E-state index is 12.6. The predicted octanol–water partition coefficient (Wildman–Crippen LogP) is 4.71. The summed E-state index contributed by atoms with van der Waals surface area (Å²) in [6.07, 6.45) is 0. The largest absolute Gasteiger partial charge is 0.468 e. The van der Waals surface area contributed by atoms with Gasteiger partial charge in [-0.15, -0.1) is 11.6 Å². The molecular weight excluding hydrogens is 349 g/mol. The fourth-order valence-electron chi connectivity index (χ4n) is 1.37. The van der Waals surface area contributed by atoms with Crippen molar-refractivity contribution in [2.24, 2.45) is 0 Å². The average Bonchev–Trinajstić information content (AvgIpc) is 2.33. The molecule has 0 N–H and O–H groups in total. The van der Waals surface area contributed by atoms with Gasteiger partial charge in [0, 0.05) is 6.07 Å². The van der Waals surface area contributed by atoms with Crippen LogP contribution in [-0.2, 0) is 9.53 Å². The summed E-state index contributed by atoms with van der Waals surface area (Å²) in [5.74, 6) is -1.18. The molecule has 0 fully saturated rings. The van der Waals surface area contributed by atoms with Crippen molar-refractivity contribution in [3.8, 4) is 0 Å². The van der Waals surface area contributed by atoms with Gasteiger partial charge in [0.25, 0.3) is 5.69 Å². The zero-order valence-electron chi connectivity index (χ0n) is 10.1. The molecule has 0 saturated carbocycles. The highest BCUT2D eigenvalue weighted by atomic mass is 35.5. The minimum Gasteiger partial charge on any atom is -0.468 e. The SMILES string of the molecule is COC(=O)C(Cl)c1ccc(S(F)(F)(F)(F)F)cc1[N+](=O)[O-]. The van der Waals surface area contributed by atoms with Crippen LogP contribution in [0.1, 0.15) is 10.9 Å². The topological polar surface area (TPSA) is 69.4 Å². The van der Waals surface area contributed by atoms with Gasteiger partial charge in [-0.25, -0.2) is 0 Å². The van der Waals surface area contributed by atoms with Crippen LogP contribution in [-0.4, -0.2) is 18.0 Å². The Morgan fingerprint density at radius 3 is 2.24 bits per heavy atom. The second-order valence-corrected chi connectivity index (χ2v) is 6.68. The third-order valence-electron chi connectivity index (χ3n) is 2.33. The molecule has 120 valence electrons. The summed E-state index contributed by atoms with van der Waals surface area (Å²) in [6.45, 7) is 0. The monoisotopic (exact) mass is 355 g/mol. The number of halogens is 6. The second kappa shape index (κ2) is 4.44. The Kier molecular flexibility index (Phi) is 3.68. The van der Waals surface area contributed by atoms with E-state index in [1.807, 2.05) is 0 Å². The highest BCUT2D eigenvalue weighted by molar-refractivity contribution is 8.45. The van der Waals surface area contributed by atoms with Crippen LogP contribution in [0.2, 0.25) is 0 Å². The molecule has 21 heavy (non-hydrogen) atoms. The highest BCUT2D eigenvalue weighted by Crippen LogP contribution is 3.02. The zero-order valence-corrected chi connectivity index (χ0v) is 11.6. The first-order valence-corrected chi connectivity index (χ1v) is 7.30. The van der Waals surface area contributed by atoms with Gasteiger partial charge in [0.15, 0.2) is 5.38 Å². The van der Waals surface area contributed by atoms with Gasteiger partial charge in [0.05, 0.1) is 17.6 Å². The van der Waals surface area contributed by atoms with E-state index in [1.165, 1.54) is 0 Å². The van der Waals surface area contributed by atoms with Gasteiger partial charge in [0.1, 0.15) is 4.90 Å². The van der Waals surface area contributed by atoms with Crippen molar-refractivity contribution in [3.05, 3.63) is 33.9 Å². The van der Waals surface area contributed by atoms with Crippen LogP contribution in [0, 0.1) is 10.1 Å². The minimum absolute atomic E-state index is 0.0673. The summed E-state index contributed by atoms with van der Waals surface area (Å²) in [5.41, 5.74) is -2.04. The number of nitrogens with zero attached hydrogens (tertiary/aromatic N) is 1. The fraction of sp³-hybridized carbons (Fsp3) is 0.222. The highest BCUT2D eigenvalue weighted by Gasteiger charge is 2.66. The van der Waals surface area contributed by atoms with Gasteiger partial charge < -0.3 is 4.74 Å². The molecule has 0 amide bonds. The van der Waals surface area contributed by atoms with E-state index in [9.17, 15) is 34.3 Å². The number of carbonyl (C=O) groups is 1. The number of esters is 1. The quantitative estimate of drug-likeness (QED) is 0.258. The lowest BCUT2D eigenvalue weighted by Crippen LogP contribution is -2.12. The van der Waals surface area contributed by atoms with E-state index in [1.54, 1.807) is 0 Å². The van der Waals surface area contributed by atoms with Crippen LogP contribution in [0.5, 0.6) is 0 Å². The Morgan fingerprint density at radius 1 is 1.33 bits per heavy atom. The number of carbonyl (C=O) groups excluding carboxylic acids is 1. The summed E-state index contributed by atoms with van der Waals surface area (Å²) >= 11 is 5.50. The van der Waals surface area contributed by atoms with Crippen molar-refractivity contribution in [1.82, 2.24) is 0 Å². The molecule has 0 aliphatic heterocycles. The van der Waals surface area contributed by atoms with Crippen LogP contribution in [0.3, 0.4) is 0 Å². The van der Waals surface area contributed by atoms with Gasteiger partial charge in [-0.1, -0.05) is 19.4 Å². The summed E-state index contributed by atoms with van der Waals surface area (Å²) in [5, 5.41) is 8.92. The lowest BCUT2D eigenvalue weighted by Gasteiger charge is -2.40. The van der Waals surface area contributed by atoms with Crippen molar-refractivity contribution < 1.29 is 33.9 Å². The van der Waals surface area contributed by atoms with Crippen LogP contribution in [0.25, 0.3) is 0 Å². The maximum Gasteiger partial charge on any atom is 0.328 e. The van der Waals surface area contributed by atoms with Gasteiger partial charge in [-0.05, 0) is 12.1 Å². The number of rotatable bonds is 4. The fourth-order valence-corrected chi connectivity index (χ4v) is 2.30. The minimum atomic E-state index is -10.1. The van der Waals surface area contributed by atoms with Crippen molar-refractivity contribution in [3.63, 3.8) is 0 Å². The van der Waals surface area contributed by atoms with Crippen molar-refractivity contribution >= 4 is 33.5 Å². The van der Waals surface area contributed by atoms with Gasteiger partial charge in [0.2, 0.25) is 0 Å². The van der Waals surface area contributed by atoms with Gasteiger partial charge >= 0.3 is 16.2 Å². The molecule has 1 aromatic rings. The van der Waals surface area contributed by atoms with E-state index in [-0.39, 0.29) is 12.1 Å². The lowest BCUT2D eigenvalue weighted by molar-refractivity contribution is -0.385. The van der Waals surface area contributed by atoms with Crippen molar-refractivity contribution in [2.75, 3.05) is 7.11 Å². The van der Waals surface area contributed by atoms with E-state index in [0.29, 0.717) is 6.07 Å². The number of hydrogen-bond donors (Lipinski definition) is 0. The molecule has 0 aliphatic carbocycles. The molecule has 5 nitrogen and oxygen atoms in total. The van der Waals surface area contributed by atoms with E-state index >= 15 is 0 Å². The van der Waals surface area contributed by atoms with Gasteiger partial charge in [-0.3, -0.25) is 14.9 Å². The molecule has 1 unspecified atom stereocenters. The molecule has 0 aliphatic rings. The summed E-state index contributed by atoms with van der Waals surface area (Å²) in [4.78, 5) is 18.1. The third kappa shape index (κ3) is 3.94.